The van der Waals surface area contributed by atoms with Gasteiger partial charge in [-0.1, -0.05) is 6.92 Å². The molecule has 3 nitrogen and oxygen atoms in total. The summed E-state index contributed by atoms with van der Waals surface area (Å²) in [6.45, 7) is 15.6. The molecule has 0 saturated heterocycles. The Kier molecular flexibility index (Phi) is 8.01. The number of hydrogen-bond acceptors (Lipinski definition) is 3. The summed E-state index contributed by atoms with van der Waals surface area (Å²) in [4.78, 5) is 0. The van der Waals surface area contributed by atoms with Gasteiger partial charge in [-0.15, -0.1) is 0 Å². The third kappa shape index (κ3) is 7.74. The molecule has 0 N–H and O–H groups in total. The van der Waals surface area contributed by atoms with Gasteiger partial charge in [-0.2, -0.15) is 0 Å². The molecule has 0 spiro atoms. The lowest BCUT2D eigenvalue weighted by Crippen LogP contribution is -2.45. The van der Waals surface area contributed by atoms with Crippen LogP contribution in [0.5, 0.6) is 0 Å². The first-order valence-electron chi connectivity index (χ1n) is 6.72. The van der Waals surface area contributed by atoms with Gasteiger partial charge in [-0.25, -0.2) is 0 Å². The number of rotatable bonds is 9. The molecular formula is C14H30O3. The summed E-state index contributed by atoms with van der Waals surface area (Å²) in [6, 6.07) is 0. The molecule has 3 heteroatoms. The van der Waals surface area contributed by atoms with Crippen molar-refractivity contribution in [1.29, 1.82) is 0 Å². The minimum absolute atomic E-state index is 0.182. The van der Waals surface area contributed by atoms with E-state index in [9.17, 15) is 0 Å². The molecule has 17 heavy (non-hydrogen) atoms. The van der Waals surface area contributed by atoms with Crippen LogP contribution in [0.15, 0.2) is 0 Å². The molecule has 0 saturated carbocycles. The maximum atomic E-state index is 6.04. The minimum atomic E-state index is -0.317. The fraction of sp³-hybridized carbons (Fsp3) is 1.00. The van der Waals surface area contributed by atoms with Crippen LogP contribution in [0.3, 0.4) is 0 Å². The van der Waals surface area contributed by atoms with Crippen LogP contribution in [0.1, 0.15) is 54.9 Å². The second kappa shape index (κ2) is 8.06. The fourth-order valence-corrected chi connectivity index (χ4v) is 1.53. The van der Waals surface area contributed by atoms with E-state index in [0.29, 0.717) is 13.2 Å². The van der Waals surface area contributed by atoms with Crippen LogP contribution in [0, 0.1) is 0 Å². The van der Waals surface area contributed by atoms with Gasteiger partial charge in [-0.05, 0) is 48.0 Å². The molecule has 104 valence electrons. The Morgan fingerprint density at radius 1 is 0.765 bits per heavy atom. The van der Waals surface area contributed by atoms with Gasteiger partial charge >= 0.3 is 0 Å². The second-order valence-electron chi connectivity index (χ2n) is 5.42. The molecule has 0 aliphatic rings. The average Bonchev–Trinajstić information content (AvgIpc) is 2.21. The van der Waals surface area contributed by atoms with Crippen LogP contribution < -0.4 is 0 Å². The van der Waals surface area contributed by atoms with Crippen molar-refractivity contribution in [2.24, 2.45) is 0 Å². The SMILES string of the molecule is CCC(COC(C)C)(COC(C)C)OC(C)C. The maximum absolute atomic E-state index is 6.04. The van der Waals surface area contributed by atoms with Gasteiger partial charge in [-0.3, -0.25) is 0 Å². The molecule has 0 atom stereocenters. The Balaban J connectivity index is 4.50. The minimum Gasteiger partial charge on any atom is -0.376 e. The molecule has 0 aromatic rings. The Hall–Kier alpha value is -0.120. The van der Waals surface area contributed by atoms with Gasteiger partial charge < -0.3 is 14.2 Å². The molecule has 0 radical (unpaired) electrons. The average molecular weight is 246 g/mol. The van der Waals surface area contributed by atoms with E-state index in [-0.39, 0.29) is 23.9 Å². The van der Waals surface area contributed by atoms with Crippen molar-refractivity contribution in [3.63, 3.8) is 0 Å². The Morgan fingerprint density at radius 3 is 1.41 bits per heavy atom. The van der Waals surface area contributed by atoms with E-state index in [1.165, 1.54) is 0 Å². The summed E-state index contributed by atoms with van der Waals surface area (Å²) < 4.78 is 17.5. The van der Waals surface area contributed by atoms with Crippen LogP contribution in [0.25, 0.3) is 0 Å². The standard InChI is InChI=1S/C14H30O3/c1-8-14(17-13(6)7,9-15-11(2)3)10-16-12(4)5/h11-13H,8-10H2,1-7H3. The molecule has 0 aromatic carbocycles. The number of ether oxygens (including phenoxy) is 3. The van der Waals surface area contributed by atoms with Crippen molar-refractivity contribution in [3.8, 4) is 0 Å². The van der Waals surface area contributed by atoms with Gasteiger partial charge in [0.1, 0.15) is 5.60 Å². The van der Waals surface area contributed by atoms with E-state index in [0.717, 1.165) is 6.42 Å². The fourth-order valence-electron chi connectivity index (χ4n) is 1.53. The van der Waals surface area contributed by atoms with E-state index in [1.54, 1.807) is 0 Å². The molecule has 0 fully saturated rings. The van der Waals surface area contributed by atoms with Gasteiger partial charge in [0.05, 0.1) is 31.5 Å². The highest BCUT2D eigenvalue weighted by atomic mass is 16.6. The highest BCUT2D eigenvalue weighted by molar-refractivity contribution is 4.80. The predicted molar refractivity (Wildman–Crippen MR) is 71.4 cm³/mol. The van der Waals surface area contributed by atoms with Crippen LogP contribution >= 0.6 is 0 Å². The lowest BCUT2D eigenvalue weighted by molar-refractivity contribution is -0.170. The van der Waals surface area contributed by atoms with Gasteiger partial charge in [0.15, 0.2) is 0 Å². The monoisotopic (exact) mass is 246 g/mol. The lowest BCUT2D eigenvalue weighted by atomic mass is 10.0. The van der Waals surface area contributed by atoms with Crippen molar-refractivity contribution in [2.75, 3.05) is 13.2 Å². The normalized spacial score (nSPS) is 13.1. The highest BCUT2D eigenvalue weighted by Crippen LogP contribution is 2.21. The van der Waals surface area contributed by atoms with Crippen LogP contribution in [0.4, 0.5) is 0 Å². The van der Waals surface area contributed by atoms with Crippen molar-refractivity contribution in [1.82, 2.24) is 0 Å². The highest BCUT2D eigenvalue weighted by Gasteiger charge is 2.32. The van der Waals surface area contributed by atoms with Gasteiger partial charge in [0.25, 0.3) is 0 Å². The largest absolute Gasteiger partial charge is 0.376 e. The van der Waals surface area contributed by atoms with Crippen LogP contribution in [-0.2, 0) is 14.2 Å². The molecule has 0 aliphatic carbocycles. The first-order valence-corrected chi connectivity index (χ1v) is 6.72. The Labute approximate surface area is 107 Å². The molecule has 0 aliphatic heterocycles. The summed E-state index contributed by atoms with van der Waals surface area (Å²) in [5, 5.41) is 0. The lowest BCUT2D eigenvalue weighted by Gasteiger charge is -2.35. The third-order valence-electron chi connectivity index (χ3n) is 2.49. The van der Waals surface area contributed by atoms with E-state index in [4.69, 9.17) is 14.2 Å². The predicted octanol–water partition coefficient (Wildman–Crippen LogP) is 3.41. The van der Waals surface area contributed by atoms with E-state index < -0.39 is 0 Å². The van der Waals surface area contributed by atoms with Crippen molar-refractivity contribution >= 4 is 0 Å². The molecule has 0 unspecified atom stereocenters. The summed E-state index contributed by atoms with van der Waals surface area (Å²) in [7, 11) is 0. The molecule has 0 bridgehead atoms. The van der Waals surface area contributed by atoms with Gasteiger partial charge in [0.2, 0.25) is 0 Å². The van der Waals surface area contributed by atoms with E-state index in [2.05, 4.69) is 20.8 Å². The topological polar surface area (TPSA) is 27.7 Å². The van der Waals surface area contributed by atoms with E-state index >= 15 is 0 Å². The molecular weight excluding hydrogens is 216 g/mol. The first-order chi connectivity index (χ1) is 7.81. The summed E-state index contributed by atoms with van der Waals surface area (Å²) >= 11 is 0. The zero-order valence-corrected chi connectivity index (χ0v) is 12.6. The summed E-state index contributed by atoms with van der Waals surface area (Å²) in [5.41, 5.74) is -0.317. The molecule has 0 aromatic heterocycles. The number of hydrogen-bond donors (Lipinski definition) is 0. The first kappa shape index (κ1) is 16.9. The van der Waals surface area contributed by atoms with E-state index in [1.807, 2.05) is 27.7 Å². The zero-order valence-electron chi connectivity index (χ0n) is 12.6. The second-order valence-corrected chi connectivity index (χ2v) is 5.42. The van der Waals surface area contributed by atoms with Crippen molar-refractivity contribution in [2.45, 2.75) is 78.8 Å². The molecule has 0 amide bonds. The Morgan fingerprint density at radius 2 is 1.18 bits per heavy atom. The molecule has 0 heterocycles. The van der Waals surface area contributed by atoms with Gasteiger partial charge in [0, 0.05) is 0 Å². The summed E-state index contributed by atoms with van der Waals surface area (Å²) in [6.07, 6.45) is 1.51. The van der Waals surface area contributed by atoms with Crippen LogP contribution in [-0.4, -0.2) is 37.1 Å². The van der Waals surface area contributed by atoms with Crippen molar-refractivity contribution < 1.29 is 14.2 Å². The third-order valence-corrected chi connectivity index (χ3v) is 2.49. The smallest absolute Gasteiger partial charge is 0.115 e. The zero-order chi connectivity index (χ0) is 13.5. The summed E-state index contributed by atoms with van der Waals surface area (Å²) in [5.74, 6) is 0. The molecule has 0 rings (SSSR count). The van der Waals surface area contributed by atoms with Crippen molar-refractivity contribution in [3.05, 3.63) is 0 Å². The van der Waals surface area contributed by atoms with Crippen LogP contribution in [0.2, 0.25) is 0 Å². The quantitative estimate of drug-likeness (QED) is 0.624. The Bertz CT molecular complexity index is 176. The maximum Gasteiger partial charge on any atom is 0.115 e.